The van der Waals surface area contributed by atoms with Gasteiger partial charge in [0.25, 0.3) is 0 Å². The van der Waals surface area contributed by atoms with Crippen LogP contribution in [-0.4, -0.2) is 24.1 Å². The van der Waals surface area contributed by atoms with E-state index in [4.69, 9.17) is 0 Å². The van der Waals surface area contributed by atoms with Crippen molar-refractivity contribution in [3.8, 4) is 6.07 Å². The molecule has 2 aliphatic rings. The Bertz CT molecular complexity index is 243. The van der Waals surface area contributed by atoms with Crippen LogP contribution in [-0.2, 0) is 0 Å². The second-order valence-corrected chi connectivity index (χ2v) is 6.27. The van der Waals surface area contributed by atoms with E-state index in [0.717, 1.165) is 18.9 Å². The topological polar surface area (TPSA) is 35.8 Å². The monoisotopic (exact) mass is 238 g/mol. The molecule has 0 radical (unpaired) electrons. The van der Waals surface area contributed by atoms with Crippen LogP contribution in [0.15, 0.2) is 0 Å². The van der Waals surface area contributed by atoms with E-state index in [1.165, 1.54) is 43.6 Å². The first-order valence-electron chi connectivity index (χ1n) is 6.61. The quantitative estimate of drug-likeness (QED) is 0.768. The smallest absolute Gasteiger partial charge is 0.0672 e. The van der Waals surface area contributed by atoms with Crippen LogP contribution in [0.4, 0.5) is 0 Å². The van der Waals surface area contributed by atoms with Crippen LogP contribution < -0.4 is 5.32 Å². The van der Waals surface area contributed by atoms with Crippen LogP contribution >= 0.6 is 11.8 Å². The van der Waals surface area contributed by atoms with Gasteiger partial charge in [0.15, 0.2) is 0 Å². The zero-order valence-corrected chi connectivity index (χ0v) is 10.8. The molecule has 2 nitrogen and oxygen atoms in total. The van der Waals surface area contributed by atoms with Gasteiger partial charge in [-0.15, -0.1) is 0 Å². The van der Waals surface area contributed by atoms with E-state index in [-0.39, 0.29) is 5.92 Å². The lowest BCUT2D eigenvalue weighted by Crippen LogP contribution is -2.38. The Morgan fingerprint density at radius 2 is 2.06 bits per heavy atom. The zero-order valence-electron chi connectivity index (χ0n) is 9.95. The summed E-state index contributed by atoms with van der Waals surface area (Å²) >= 11 is 2.07. The number of nitrogens with zero attached hydrogens (tertiary/aromatic N) is 1. The second-order valence-electron chi connectivity index (χ2n) is 5.12. The molecule has 2 fully saturated rings. The second kappa shape index (κ2) is 6.51. The molecule has 3 unspecified atom stereocenters. The van der Waals surface area contributed by atoms with Gasteiger partial charge in [0.2, 0.25) is 0 Å². The van der Waals surface area contributed by atoms with Crippen molar-refractivity contribution in [2.45, 2.75) is 44.6 Å². The van der Waals surface area contributed by atoms with Crippen LogP contribution in [0.2, 0.25) is 0 Å². The molecule has 1 heterocycles. The van der Waals surface area contributed by atoms with Gasteiger partial charge in [-0.1, -0.05) is 19.3 Å². The number of thioether (sulfide) groups is 1. The van der Waals surface area contributed by atoms with Crippen molar-refractivity contribution in [3.63, 3.8) is 0 Å². The Balaban J connectivity index is 1.78. The van der Waals surface area contributed by atoms with Gasteiger partial charge in [-0.3, -0.25) is 0 Å². The van der Waals surface area contributed by atoms with Crippen LogP contribution in [0.1, 0.15) is 38.5 Å². The maximum atomic E-state index is 9.18. The minimum Gasteiger partial charge on any atom is -0.312 e. The fourth-order valence-electron chi connectivity index (χ4n) is 2.77. The average Bonchev–Trinajstić information content (AvgIpc) is 2.71. The molecule has 16 heavy (non-hydrogen) atoms. The van der Waals surface area contributed by atoms with Crippen molar-refractivity contribution < 1.29 is 0 Å². The fraction of sp³-hybridized carbons (Fsp3) is 0.923. The van der Waals surface area contributed by atoms with Gasteiger partial charge in [0, 0.05) is 6.04 Å². The highest BCUT2D eigenvalue weighted by Gasteiger charge is 2.24. The molecule has 3 atom stereocenters. The molecule has 1 aliphatic carbocycles. The third-order valence-electron chi connectivity index (χ3n) is 3.87. The maximum absolute atomic E-state index is 9.18. The number of hydrogen-bond donors (Lipinski definition) is 1. The van der Waals surface area contributed by atoms with E-state index >= 15 is 0 Å². The van der Waals surface area contributed by atoms with Crippen LogP contribution in [0.25, 0.3) is 0 Å². The van der Waals surface area contributed by atoms with Crippen molar-refractivity contribution in [1.29, 1.82) is 5.26 Å². The Morgan fingerprint density at radius 3 is 2.81 bits per heavy atom. The highest BCUT2D eigenvalue weighted by molar-refractivity contribution is 7.99. The predicted molar refractivity (Wildman–Crippen MR) is 69.4 cm³/mol. The van der Waals surface area contributed by atoms with Crippen molar-refractivity contribution >= 4 is 11.8 Å². The molecule has 0 aromatic carbocycles. The van der Waals surface area contributed by atoms with Gasteiger partial charge in [0.05, 0.1) is 12.0 Å². The SMILES string of the molecule is N#CC1CCCCCC1NCC1CCSC1. The molecule has 1 saturated heterocycles. The lowest BCUT2D eigenvalue weighted by Gasteiger charge is -2.22. The summed E-state index contributed by atoms with van der Waals surface area (Å²) in [7, 11) is 0. The van der Waals surface area contributed by atoms with Gasteiger partial charge in [-0.25, -0.2) is 0 Å². The van der Waals surface area contributed by atoms with E-state index in [2.05, 4.69) is 23.1 Å². The van der Waals surface area contributed by atoms with Crippen LogP contribution in [0, 0.1) is 23.2 Å². The van der Waals surface area contributed by atoms with E-state index in [9.17, 15) is 5.26 Å². The summed E-state index contributed by atoms with van der Waals surface area (Å²) in [5.74, 6) is 3.76. The zero-order chi connectivity index (χ0) is 11.2. The van der Waals surface area contributed by atoms with Gasteiger partial charge >= 0.3 is 0 Å². The summed E-state index contributed by atoms with van der Waals surface area (Å²) in [6.07, 6.45) is 7.54. The molecule has 1 saturated carbocycles. The molecule has 0 amide bonds. The molecule has 3 heteroatoms. The largest absolute Gasteiger partial charge is 0.312 e. The van der Waals surface area contributed by atoms with Crippen LogP contribution in [0.5, 0.6) is 0 Å². The third kappa shape index (κ3) is 3.40. The summed E-state index contributed by atoms with van der Waals surface area (Å²) < 4.78 is 0. The van der Waals surface area contributed by atoms with Crippen molar-refractivity contribution in [3.05, 3.63) is 0 Å². The highest BCUT2D eigenvalue weighted by atomic mass is 32.2. The predicted octanol–water partition coefficient (Wildman–Crippen LogP) is 2.80. The molecule has 0 aromatic rings. The number of rotatable bonds is 3. The Morgan fingerprint density at radius 1 is 1.19 bits per heavy atom. The first-order valence-corrected chi connectivity index (χ1v) is 7.76. The summed E-state index contributed by atoms with van der Waals surface area (Å²) in [6, 6.07) is 2.97. The molecule has 1 N–H and O–H groups in total. The highest BCUT2D eigenvalue weighted by Crippen LogP contribution is 2.25. The number of nitrogens with one attached hydrogen (secondary N) is 1. The minimum atomic E-state index is 0.261. The van der Waals surface area contributed by atoms with Crippen molar-refractivity contribution in [1.82, 2.24) is 5.32 Å². The Kier molecular flexibility index (Phi) is 4.99. The number of hydrogen-bond acceptors (Lipinski definition) is 3. The molecule has 0 aromatic heterocycles. The third-order valence-corrected chi connectivity index (χ3v) is 5.11. The molecule has 0 bridgehead atoms. The molecule has 90 valence electrons. The van der Waals surface area contributed by atoms with Crippen LogP contribution in [0.3, 0.4) is 0 Å². The van der Waals surface area contributed by atoms with Crippen molar-refractivity contribution in [2.24, 2.45) is 11.8 Å². The van der Waals surface area contributed by atoms with Gasteiger partial charge in [-0.2, -0.15) is 17.0 Å². The van der Waals surface area contributed by atoms with Gasteiger partial charge in [0.1, 0.15) is 0 Å². The van der Waals surface area contributed by atoms with Gasteiger partial charge < -0.3 is 5.32 Å². The maximum Gasteiger partial charge on any atom is 0.0672 e. The van der Waals surface area contributed by atoms with Gasteiger partial charge in [-0.05, 0) is 43.2 Å². The summed E-state index contributed by atoms with van der Waals surface area (Å²) in [4.78, 5) is 0. The van der Waals surface area contributed by atoms with E-state index in [1.54, 1.807) is 0 Å². The Labute approximate surface area is 103 Å². The molecule has 2 rings (SSSR count). The standard InChI is InChI=1S/C13H22N2S/c14-8-12-4-2-1-3-5-13(12)15-9-11-6-7-16-10-11/h11-13,15H,1-7,9-10H2. The first-order chi connectivity index (χ1) is 7.90. The molecule has 0 spiro atoms. The molecule has 1 aliphatic heterocycles. The fourth-order valence-corrected chi connectivity index (χ4v) is 4.05. The molecular formula is C13H22N2S. The molecular weight excluding hydrogens is 216 g/mol. The van der Waals surface area contributed by atoms with E-state index < -0.39 is 0 Å². The average molecular weight is 238 g/mol. The summed E-state index contributed by atoms with van der Waals surface area (Å²) in [5, 5.41) is 12.9. The number of nitriles is 1. The van der Waals surface area contributed by atoms with E-state index in [1.807, 2.05) is 0 Å². The van der Waals surface area contributed by atoms with E-state index in [0.29, 0.717) is 6.04 Å². The first kappa shape index (κ1) is 12.3. The summed E-state index contributed by atoms with van der Waals surface area (Å²) in [6.45, 7) is 1.13. The van der Waals surface area contributed by atoms with Crippen molar-refractivity contribution in [2.75, 3.05) is 18.1 Å². The normalized spacial score (nSPS) is 35.6. The Hall–Kier alpha value is -0.200. The lowest BCUT2D eigenvalue weighted by atomic mass is 9.95. The summed E-state index contributed by atoms with van der Waals surface area (Å²) in [5.41, 5.74) is 0. The lowest BCUT2D eigenvalue weighted by molar-refractivity contribution is 0.369. The minimum absolute atomic E-state index is 0.261.